The van der Waals surface area contributed by atoms with Crippen LogP contribution in [-0.2, 0) is 14.3 Å². The first kappa shape index (κ1) is 17.3. The smallest absolute Gasteiger partial charge is 0.314 e. The molecule has 1 aromatic carbocycles. The number of carbonyl (C=O) groups excluding carboxylic acids is 4. The molecule has 1 aliphatic heterocycles. The maximum atomic E-state index is 12.5. The molecule has 1 fully saturated rings. The van der Waals surface area contributed by atoms with Crippen molar-refractivity contribution < 1.29 is 38.2 Å². The number of benzene rings is 1. The molecular weight excluding hydrogens is 356 g/mol. The summed E-state index contributed by atoms with van der Waals surface area (Å²) in [4.78, 5) is 49.2. The Balaban J connectivity index is 1.52. The standard InChI is InChI=1S/C19H14O8/c20-12(6-16(22)26-15-8-25-7-13(15)21)14-5-11-17(23)9-3-1-2-4-10(9)18(24)19(11)27-14/h1-5,13,15,21H,6-8H2. The minimum Gasteiger partial charge on any atom is -0.457 e. The third kappa shape index (κ3) is 2.98. The number of aliphatic hydroxyl groups is 1. The summed E-state index contributed by atoms with van der Waals surface area (Å²) in [5.74, 6) is -2.98. The Morgan fingerprint density at radius 3 is 2.44 bits per heavy atom. The van der Waals surface area contributed by atoms with Crippen LogP contribution in [0.25, 0.3) is 0 Å². The van der Waals surface area contributed by atoms with E-state index in [1.807, 2.05) is 0 Å². The van der Waals surface area contributed by atoms with Crippen LogP contribution in [0.3, 0.4) is 0 Å². The molecule has 8 heteroatoms. The Morgan fingerprint density at radius 2 is 1.78 bits per heavy atom. The Morgan fingerprint density at radius 1 is 1.07 bits per heavy atom. The number of aliphatic hydroxyl groups excluding tert-OH is 1. The molecule has 2 unspecified atom stereocenters. The maximum Gasteiger partial charge on any atom is 0.314 e. The van der Waals surface area contributed by atoms with Gasteiger partial charge in [-0.3, -0.25) is 19.2 Å². The highest BCUT2D eigenvalue weighted by Gasteiger charge is 2.35. The van der Waals surface area contributed by atoms with Gasteiger partial charge in [-0.05, 0) is 6.07 Å². The zero-order valence-electron chi connectivity index (χ0n) is 14.0. The van der Waals surface area contributed by atoms with E-state index in [4.69, 9.17) is 13.9 Å². The molecule has 1 N–H and O–H groups in total. The van der Waals surface area contributed by atoms with Crippen molar-refractivity contribution in [2.24, 2.45) is 0 Å². The van der Waals surface area contributed by atoms with Crippen molar-refractivity contribution in [3.63, 3.8) is 0 Å². The third-order valence-corrected chi connectivity index (χ3v) is 4.46. The van der Waals surface area contributed by atoms with Crippen LogP contribution in [-0.4, -0.2) is 53.8 Å². The number of ketones is 3. The Kier molecular flexibility index (Phi) is 4.21. The van der Waals surface area contributed by atoms with Crippen molar-refractivity contribution >= 4 is 23.3 Å². The number of fused-ring (bicyclic) bond motifs is 2. The summed E-state index contributed by atoms with van der Waals surface area (Å²) >= 11 is 0. The number of hydrogen-bond donors (Lipinski definition) is 1. The highest BCUT2D eigenvalue weighted by Crippen LogP contribution is 2.30. The Hall–Kier alpha value is -3.10. The van der Waals surface area contributed by atoms with E-state index in [2.05, 4.69) is 0 Å². The molecule has 4 rings (SSSR count). The van der Waals surface area contributed by atoms with Crippen LogP contribution < -0.4 is 0 Å². The maximum absolute atomic E-state index is 12.5. The van der Waals surface area contributed by atoms with Gasteiger partial charge in [0.15, 0.2) is 23.4 Å². The lowest BCUT2D eigenvalue weighted by atomic mass is 9.88. The van der Waals surface area contributed by atoms with Crippen molar-refractivity contribution in [1.29, 1.82) is 0 Å². The number of esters is 1. The predicted octanol–water partition coefficient (Wildman–Crippen LogP) is 0.931. The van der Waals surface area contributed by atoms with Crippen LogP contribution in [0.1, 0.15) is 49.0 Å². The number of furan rings is 1. The number of rotatable bonds is 4. The highest BCUT2D eigenvalue weighted by atomic mass is 16.6. The molecule has 2 atom stereocenters. The fraction of sp³-hybridized carbons (Fsp3) is 0.263. The van der Waals surface area contributed by atoms with E-state index in [1.165, 1.54) is 18.2 Å². The monoisotopic (exact) mass is 370 g/mol. The van der Waals surface area contributed by atoms with Gasteiger partial charge in [-0.1, -0.05) is 24.3 Å². The van der Waals surface area contributed by atoms with Gasteiger partial charge < -0.3 is 19.0 Å². The molecule has 0 bridgehead atoms. The first-order valence-electron chi connectivity index (χ1n) is 8.26. The van der Waals surface area contributed by atoms with E-state index in [9.17, 15) is 24.3 Å². The van der Waals surface area contributed by atoms with Gasteiger partial charge in [-0.15, -0.1) is 0 Å². The van der Waals surface area contributed by atoms with Gasteiger partial charge >= 0.3 is 5.97 Å². The molecule has 2 aromatic rings. The summed E-state index contributed by atoms with van der Waals surface area (Å²) in [6.07, 6.45) is -2.41. The van der Waals surface area contributed by atoms with E-state index < -0.39 is 41.9 Å². The molecule has 0 spiro atoms. The Bertz CT molecular complexity index is 917. The van der Waals surface area contributed by atoms with E-state index in [0.717, 1.165) is 0 Å². The lowest BCUT2D eigenvalue weighted by Gasteiger charge is -2.12. The minimum atomic E-state index is -0.936. The van der Waals surface area contributed by atoms with E-state index in [-0.39, 0.29) is 41.4 Å². The summed E-state index contributed by atoms with van der Waals surface area (Å²) < 4.78 is 15.3. The molecule has 8 nitrogen and oxygen atoms in total. The van der Waals surface area contributed by atoms with Crippen molar-refractivity contribution in [2.75, 3.05) is 13.2 Å². The first-order valence-corrected chi connectivity index (χ1v) is 8.26. The van der Waals surface area contributed by atoms with Gasteiger partial charge in [0.05, 0.1) is 18.8 Å². The van der Waals surface area contributed by atoms with Crippen molar-refractivity contribution in [3.8, 4) is 0 Å². The van der Waals surface area contributed by atoms with Gasteiger partial charge in [0.1, 0.15) is 12.5 Å². The van der Waals surface area contributed by atoms with Gasteiger partial charge in [0.25, 0.3) is 0 Å². The summed E-state index contributed by atoms with van der Waals surface area (Å²) in [5.41, 5.74) is 0.442. The molecule has 2 aliphatic rings. The van der Waals surface area contributed by atoms with Crippen LogP contribution in [0.5, 0.6) is 0 Å². The molecule has 1 aliphatic carbocycles. The van der Waals surface area contributed by atoms with E-state index in [1.54, 1.807) is 12.1 Å². The van der Waals surface area contributed by atoms with Gasteiger partial charge in [0, 0.05) is 11.1 Å². The SMILES string of the molecule is O=C(CC(=O)c1cc2c(o1)C(=O)c1ccccc1C2=O)OC1COCC1O. The second-order valence-corrected chi connectivity index (χ2v) is 6.29. The van der Waals surface area contributed by atoms with Gasteiger partial charge in [0.2, 0.25) is 11.6 Å². The van der Waals surface area contributed by atoms with Crippen LogP contribution in [0.2, 0.25) is 0 Å². The molecule has 1 saturated heterocycles. The van der Waals surface area contributed by atoms with Crippen LogP contribution in [0.4, 0.5) is 0 Å². The average Bonchev–Trinajstić information content (AvgIpc) is 3.27. The fourth-order valence-corrected chi connectivity index (χ4v) is 3.08. The molecule has 0 amide bonds. The van der Waals surface area contributed by atoms with Gasteiger partial charge in [-0.25, -0.2) is 0 Å². The Labute approximate surface area is 152 Å². The molecule has 138 valence electrons. The molecule has 1 aromatic heterocycles. The summed E-state index contributed by atoms with van der Waals surface area (Å²) in [5, 5.41) is 9.56. The fourth-order valence-electron chi connectivity index (χ4n) is 3.08. The molecular formula is C19H14O8. The lowest BCUT2D eigenvalue weighted by molar-refractivity contribution is -0.151. The van der Waals surface area contributed by atoms with Crippen molar-refractivity contribution in [3.05, 3.63) is 58.5 Å². The van der Waals surface area contributed by atoms with E-state index in [0.29, 0.717) is 0 Å². The second kappa shape index (κ2) is 6.57. The second-order valence-electron chi connectivity index (χ2n) is 6.29. The summed E-state index contributed by atoms with van der Waals surface area (Å²) in [6, 6.07) is 7.47. The molecule has 27 heavy (non-hydrogen) atoms. The van der Waals surface area contributed by atoms with E-state index >= 15 is 0 Å². The van der Waals surface area contributed by atoms with Crippen molar-refractivity contribution in [1.82, 2.24) is 0 Å². The normalized spacial score (nSPS) is 20.9. The molecule has 2 heterocycles. The number of ether oxygens (including phenoxy) is 2. The number of Topliss-reactive ketones (excluding diaryl/α,β-unsaturated/α-hetero) is 1. The zero-order valence-corrected chi connectivity index (χ0v) is 14.0. The highest BCUT2D eigenvalue weighted by molar-refractivity contribution is 6.28. The minimum absolute atomic E-state index is 0.00460. The quantitative estimate of drug-likeness (QED) is 0.409. The summed E-state index contributed by atoms with van der Waals surface area (Å²) in [6.45, 7) is 0.110. The molecule has 0 saturated carbocycles. The van der Waals surface area contributed by atoms with Crippen LogP contribution >= 0.6 is 0 Å². The number of carbonyl (C=O) groups is 4. The third-order valence-electron chi connectivity index (χ3n) is 4.46. The topological polar surface area (TPSA) is 120 Å². The number of hydrogen-bond acceptors (Lipinski definition) is 8. The summed E-state index contributed by atoms with van der Waals surface area (Å²) in [7, 11) is 0. The van der Waals surface area contributed by atoms with Crippen LogP contribution in [0.15, 0.2) is 34.7 Å². The lowest BCUT2D eigenvalue weighted by Crippen LogP contribution is -2.30. The average molecular weight is 370 g/mol. The van der Waals surface area contributed by atoms with Gasteiger partial charge in [-0.2, -0.15) is 0 Å². The van der Waals surface area contributed by atoms with Crippen LogP contribution in [0, 0.1) is 0 Å². The first-order chi connectivity index (χ1) is 13.0. The predicted molar refractivity (Wildman–Crippen MR) is 87.7 cm³/mol. The largest absolute Gasteiger partial charge is 0.457 e. The molecule has 0 radical (unpaired) electrons. The zero-order chi connectivity index (χ0) is 19.1. The van der Waals surface area contributed by atoms with Crippen molar-refractivity contribution in [2.45, 2.75) is 18.6 Å².